The number of hydrogen-bond donors (Lipinski definition) is 2. The second kappa shape index (κ2) is 7.45. The fourth-order valence-corrected chi connectivity index (χ4v) is 3.34. The highest BCUT2D eigenvalue weighted by molar-refractivity contribution is 5.94. The lowest BCUT2D eigenvalue weighted by Gasteiger charge is -2.26. The van der Waals surface area contributed by atoms with E-state index in [1.54, 1.807) is 54.9 Å². The molecule has 0 aliphatic heterocycles. The average Bonchev–Trinajstić information content (AvgIpc) is 2.69. The van der Waals surface area contributed by atoms with Crippen molar-refractivity contribution in [2.75, 3.05) is 0 Å². The van der Waals surface area contributed by atoms with Crippen LogP contribution in [-0.2, 0) is 6.42 Å². The summed E-state index contributed by atoms with van der Waals surface area (Å²) in [5.74, 6) is 1.08. The number of hydrogen-bond acceptors (Lipinski definition) is 4. The molecule has 3 aromatic rings. The average molecular weight is 361 g/mol. The van der Waals surface area contributed by atoms with Gasteiger partial charge in [0.2, 0.25) is 5.56 Å². The first-order valence-electron chi connectivity index (χ1n) is 8.90. The largest absolute Gasteiger partial charge is 0.457 e. The van der Waals surface area contributed by atoms with Crippen molar-refractivity contribution < 1.29 is 9.53 Å². The molecule has 0 spiro atoms. The summed E-state index contributed by atoms with van der Waals surface area (Å²) in [5.41, 5.74) is 2.31. The van der Waals surface area contributed by atoms with Crippen LogP contribution >= 0.6 is 0 Å². The number of pyridine rings is 2. The van der Waals surface area contributed by atoms with Crippen molar-refractivity contribution in [1.82, 2.24) is 15.3 Å². The van der Waals surface area contributed by atoms with Gasteiger partial charge in [-0.2, -0.15) is 0 Å². The molecule has 1 atom stereocenters. The molecule has 6 heteroatoms. The Morgan fingerprint density at radius 2 is 1.96 bits per heavy atom. The van der Waals surface area contributed by atoms with Gasteiger partial charge in [0.05, 0.1) is 6.04 Å². The molecule has 0 saturated carbocycles. The molecule has 27 heavy (non-hydrogen) atoms. The normalized spacial score (nSPS) is 15.6. The smallest absolute Gasteiger partial charge is 0.251 e. The molecule has 2 aromatic heterocycles. The van der Waals surface area contributed by atoms with Crippen LogP contribution in [0.25, 0.3) is 0 Å². The zero-order chi connectivity index (χ0) is 18.6. The molecule has 2 heterocycles. The molecule has 136 valence electrons. The van der Waals surface area contributed by atoms with Crippen molar-refractivity contribution in [1.29, 1.82) is 0 Å². The monoisotopic (exact) mass is 361 g/mol. The van der Waals surface area contributed by atoms with E-state index in [9.17, 15) is 9.59 Å². The summed E-state index contributed by atoms with van der Waals surface area (Å²) in [6.45, 7) is 0. The summed E-state index contributed by atoms with van der Waals surface area (Å²) in [4.78, 5) is 31.1. The number of rotatable bonds is 4. The van der Waals surface area contributed by atoms with Crippen LogP contribution in [0.2, 0.25) is 0 Å². The Bertz CT molecular complexity index is 1010. The number of H-pyrrole nitrogens is 1. The number of amides is 1. The fraction of sp³-hybridized carbons (Fsp3) is 0.190. The van der Waals surface area contributed by atoms with Crippen molar-refractivity contribution in [2.45, 2.75) is 25.3 Å². The van der Waals surface area contributed by atoms with E-state index < -0.39 is 0 Å². The van der Waals surface area contributed by atoms with Crippen LogP contribution in [0.1, 0.15) is 40.5 Å². The number of fused-ring (bicyclic) bond motifs is 1. The number of nitrogens with one attached hydrogen (secondary N) is 2. The Labute approximate surface area is 156 Å². The van der Waals surface area contributed by atoms with Gasteiger partial charge in [0.1, 0.15) is 11.5 Å². The van der Waals surface area contributed by atoms with Gasteiger partial charge in [0.25, 0.3) is 5.91 Å². The summed E-state index contributed by atoms with van der Waals surface area (Å²) in [6.07, 6.45) is 5.89. The standard InChI is InChI=1S/C21H19N3O3/c25-20-8-7-17-18(23-20)5-2-6-19(17)24-21(26)14-3-1-4-16(13-14)27-15-9-11-22-12-10-15/h1,3-4,7-13,19H,2,5-6H2,(H,23,25)(H,24,26). The summed E-state index contributed by atoms with van der Waals surface area (Å²) in [6, 6.07) is 13.8. The van der Waals surface area contributed by atoms with Gasteiger partial charge in [-0.15, -0.1) is 0 Å². The van der Waals surface area contributed by atoms with Gasteiger partial charge >= 0.3 is 0 Å². The first kappa shape index (κ1) is 17.0. The Morgan fingerprint density at radius 1 is 1.11 bits per heavy atom. The highest BCUT2D eigenvalue weighted by Crippen LogP contribution is 2.28. The maximum atomic E-state index is 12.7. The highest BCUT2D eigenvalue weighted by atomic mass is 16.5. The zero-order valence-corrected chi connectivity index (χ0v) is 14.6. The number of ether oxygens (including phenoxy) is 1. The van der Waals surface area contributed by atoms with E-state index in [1.165, 1.54) is 6.07 Å². The number of carbonyl (C=O) groups excluding carboxylic acids is 1. The molecule has 4 rings (SSSR count). The van der Waals surface area contributed by atoms with E-state index in [0.717, 1.165) is 30.5 Å². The van der Waals surface area contributed by atoms with E-state index in [-0.39, 0.29) is 17.5 Å². The Balaban J connectivity index is 1.51. The minimum atomic E-state index is -0.167. The molecule has 1 aliphatic carbocycles. The number of aryl methyl sites for hydroxylation is 1. The van der Waals surface area contributed by atoms with Crippen molar-refractivity contribution in [3.8, 4) is 11.5 Å². The number of aromatic nitrogens is 2. The highest BCUT2D eigenvalue weighted by Gasteiger charge is 2.23. The van der Waals surface area contributed by atoms with E-state index in [2.05, 4.69) is 15.3 Å². The lowest BCUT2D eigenvalue weighted by atomic mass is 9.91. The number of aromatic amines is 1. The van der Waals surface area contributed by atoms with E-state index in [1.807, 2.05) is 0 Å². The molecule has 1 aromatic carbocycles. The van der Waals surface area contributed by atoms with Crippen LogP contribution in [0.3, 0.4) is 0 Å². The molecule has 2 N–H and O–H groups in total. The van der Waals surface area contributed by atoms with Gasteiger partial charge < -0.3 is 15.0 Å². The van der Waals surface area contributed by atoms with E-state index in [0.29, 0.717) is 17.1 Å². The van der Waals surface area contributed by atoms with Gasteiger partial charge in [0, 0.05) is 29.7 Å². The maximum Gasteiger partial charge on any atom is 0.251 e. The summed E-state index contributed by atoms with van der Waals surface area (Å²) >= 11 is 0. The predicted molar refractivity (Wildman–Crippen MR) is 101 cm³/mol. The first-order chi connectivity index (χ1) is 13.2. The van der Waals surface area contributed by atoms with Crippen LogP contribution < -0.4 is 15.6 Å². The van der Waals surface area contributed by atoms with Crippen LogP contribution in [0.4, 0.5) is 0 Å². The van der Waals surface area contributed by atoms with Gasteiger partial charge in [-0.3, -0.25) is 14.6 Å². The van der Waals surface area contributed by atoms with Gasteiger partial charge in [-0.05, 0) is 61.2 Å². The van der Waals surface area contributed by atoms with Crippen molar-refractivity contribution >= 4 is 5.91 Å². The number of carbonyl (C=O) groups is 1. The lowest BCUT2D eigenvalue weighted by Crippen LogP contribution is -2.32. The van der Waals surface area contributed by atoms with Crippen molar-refractivity contribution in [3.05, 3.63) is 88.1 Å². The molecule has 0 radical (unpaired) electrons. The molecule has 1 unspecified atom stereocenters. The van der Waals surface area contributed by atoms with Gasteiger partial charge in [0.15, 0.2) is 0 Å². The van der Waals surface area contributed by atoms with Crippen LogP contribution in [-0.4, -0.2) is 15.9 Å². The number of benzene rings is 1. The minimum Gasteiger partial charge on any atom is -0.457 e. The third-order valence-electron chi connectivity index (χ3n) is 4.62. The molecule has 0 fully saturated rings. The second-order valence-electron chi connectivity index (χ2n) is 6.49. The van der Waals surface area contributed by atoms with Gasteiger partial charge in [-0.25, -0.2) is 0 Å². The Kier molecular flexibility index (Phi) is 4.70. The fourth-order valence-electron chi connectivity index (χ4n) is 3.34. The summed E-state index contributed by atoms with van der Waals surface area (Å²) < 4.78 is 5.77. The molecule has 1 aliphatic rings. The third kappa shape index (κ3) is 3.89. The molecule has 1 amide bonds. The molecule has 0 bridgehead atoms. The Morgan fingerprint density at radius 3 is 2.81 bits per heavy atom. The second-order valence-corrected chi connectivity index (χ2v) is 6.49. The zero-order valence-electron chi connectivity index (χ0n) is 14.6. The van der Waals surface area contributed by atoms with Crippen molar-refractivity contribution in [3.63, 3.8) is 0 Å². The van der Waals surface area contributed by atoms with Crippen LogP contribution in [0, 0.1) is 0 Å². The summed E-state index contributed by atoms with van der Waals surface area (Å²) in [7, 11) is 0. The molecular weight excluding hydrogens is 342 g/mol. The predicted octanol–water partition coefficient (Wildman–Crippen LogP) is 3.37. The van der Waals surface area contributed by atoms with Crippen LogP contribution in [0.15, 0.2) is 65.7 Å². The first-order valence-corrected chi connectivity index (χ1v) is 8.90. The lowest BCUT2D eigenvalue weighted by molar-refractivity contribution is 0.0932. The van der Waals surface area contributed by atoms with E-state index in [4.69, 9.17) is 4.74 Å². The summed E-state index contributed by atoms with van der Waals surface area (Å²) in [5, 5.41) is 3.08. The van der Waals surface area contributed by atoms with Gasteiger partial charge in [-0.1, -0.05) is 6.07 Å². The maximum absolute atomic E-state index is 12.7. The van der Waals surface area contributed by atoms with Crippen LogP contribution in [0.5, 0.6) is 11.5 Å². The minimum absolute atomic E-state index is 0.108. The topological polar surface area (TPSA) is 84.1 Å². The number of nitrogens with zero attached hydrogens (tertiary/aromatic N) is 1. The molecule has 6 nitrogen and oxygen atoms in total. The third-order valence-corrected chi connectivity index (χ3v) is 4.62. The Hall–Kier alpha value is -3.41. The van der Waals surface area contributed by atoms with E-state index >= 15 is 0 Å². The molecule has 0 saturated heterocycles. The van der Waals surface area contributed by atoms with Crippen molar-refractivity contribution in [2.24, 2.45) is 0 Å². The molecular formula is C21H19N3O3. The SMILES string of the molecule is O=C(NC1CCCc2[nH]c(=O)ccc21)c1cccc(Oc2ccncc2)c1. The quantitative estimate of drug-likeness (QED) is 0.746.